The average molecular weight is 367 g/mol. The van der Waals surface area contributed by atoms with Crippen LogP contribution in [0.15, 0.2) is 47.1 Å². The Balaban J connectivity index is 2.13. The number of nitrogen functional groups attached to an aromatic ring is 1. The summed E-state index contributed by atoms with van der Waals surface area (Å²) in [5.74, 6) is -0.402. The van der Waals surface area contributed by atoms with Crippen molar-refractivity contribution in [3.63, 3.8) is 0 Å². The highest BCUT2D eigenvalue weighted by atomic mass is 79.9. The molecule has 0 saturated heterocycles. The molecule has 106 valence electrons. The van der Waals surface area contributed by atoms with Gasteiger partial charge in [0, 0.05) is 21.7 Å². The van der Waals surface area contributed by atoms with Gasteiger partial charge < -0.3 is 11.1 Å². The smallest absolute Gasteiger partial charge is 0.125 e. The molecule has 3 aromatic rings. The van der Waals surface area contributed by atoms with E-state index in [4.69, 9.17) is 17.3 Å². The number of hydrogen-bond acceptors (Lipinski definition) is 3. The minimum atomic E-state index is -0.402. The van der Waals surface area contributed by atoms with Crippen molar-refractivity contribution in [2.45, 2.75) is 0 Å². The second-order valence-electron chi connectivity index (χ2n) is 4.47. The van der Waals surface area contributed by atoms with Gasteiger partial charge >= 0.3 is 0 Å². The number of anilines is 3. The third-order valence-corrected chi connectivity index (χ3v) is 3.99. The Kier molecular flexibility index (Phi) is 3.69. The van der Waals surface area contributed by atoms with Gasteiger partial charge in [-0.3, -0.25) is 4.98 Å². The van der Waals surface area contributed by atoms with Crippen LogP contribution < -0.4 is 11.1 Å². The molecule has 3 N–H and O–H groups in total. The van der Waals surface area contributed by atoms with E-state index in [-0.39, 0.29) is 5.02 Å². The number of pyridine rings is 1. The number of rotatable bonds is 2. The maximum absolute atomic E-state index is 13.3. The zero-order valence-corrected chi connectivity index (χ0v) is 13.0. The third-order valence-electron chi connectivity index (χ3n) is 3.07. The summed E-state index contributed by atoms with van der Waals surface area (Å²) >= 11 is 9.40. The number of fused-ring (bicyclic) bond motifs is 1. The molecule has 0 fully saturated rings. The second-order valence-corrected chi connectivity index (χ2v) is 5.73. The molecule has 1 heterocycles. The Morgan fingerprint density at radius 3 is 2.81 bits per heavy atom. The first-order valence-corrected chi connectivity index (χ1v) is 7.28. The predicted octanol–water partition coefficient (Wildman–Crippen LogP) is 5.12. The predicted molar refractivity (Wildman–Crippen MR) is 88.5 cm³/mol. The largest absolute Gasteiger partial charge is 0.397 e. The second kappa shape index (κ2) is 5.50. The molecular formula is C15H10BrClFN3. The van der Waals surface area contributed by atoms with Crippen LogP contribution in [0, 0.1) is 5.82 Å². The van der Waals surface area contributed by atoms with Crippen molar-refractivity contribution in [2.24, 2.45) is 0 Å². The van der Waals surface area contributed by atoms with Crippen LogP contribution in [0.1, 0.15) is 0 Å². The summed E-state index contributed by atoms with van der Waals surface area (Å²) in [6, 6.07) is 9.95. The van der Waals surface area contributed by atoms with E-state index in [2.05, 4.69) is 26.2 Å². The number of benzene rings is 2. The van der Waals surface area contributed by atoms with Crippen molar-refractivity contribution in [3.05, 3.63) is 57.9 Å². The van der Waals surface area contributed by atoms with Gasteiger partial charge in [0.1, 0.15) is 5.82 Å². The fourth-order valence-electron chi connectivity index (χ4n) is 2.10. The lowest BCUT2D eigenvalue weighted by atomic mass is 10.1. The van der Waals surface area contributed by atoms with Crippen LogP contribution in [0.4, 0.5) is 21.5 Å². The van der Waals surface area contributed by atoms with Crippen molar-refractivity contribution in [2.75, 3.05) is 11.1 Å². The van der Waals surface area contributed by atoms with Gasteiger partial charge in [-0.15, -0.1) is 0 Å². The summed E-state index contributed by atoms with van der Waals surface area (Å²) < 4.78 is 13.8. The van der Waals surface area contributed by atoms with E-state index in [9.17, 15) is 4.39 Å². The quantitative estimate of drug-likeness (QED) is 0.619. The molecule has 0 aliphatic rings. The van der Waals surface area contributed by atoms with Crippen LogP contribution in [0.25, 0.3) is 10.9 Å². The first-order chi connectivity index (χ1) is 10.1. The Labute approximate surface area is 134 Å². The molecule has 3 nitrogen and oxygen atoms in total. The van der Waals surface area contributed by atoms with Crippen molar-refractivity contribution in [1.82, 2.24) is 4.98 Å². The lowest BCUT2D eigenvalue weighted by Crippen LogP contribution is -1.97. The van der Waals surface area contributed by atoms with Gasteiger partial charge in [-0.1, -0.05) is 11.6 Å². The summed E-state index contributed by atoms with van der Waals surface area (Å²) in [6.45, 7) is 0. The number of nitrogens with one attached hydrogen (secondary N) is 1. The van der Waals surface area contributed by atoms with Crippen molar-refractivity contribution >= 4 is 55.5 Å². The Hall–Kier alpha value is -1.85. The minimum absolute atomic E-state index is 0.288. The molecular weight excluding hydrogens is 357 g/mol. The zero-order chi connectivity index (χ0) is 15.0. The number of aromatic nitrogens is 1. The molecule has 6 heteroatoms. The monoisotopic (exact) mass is 365 g/mol. The molecule has 0 radical (unpaired) electrons. The summed E-state index contributed by atoms with van der Waals surface area (Å²) in [5, 5.41) is 4.35. The van der Waals surface area contributed by atoms with Crippen LogP contribution in [0.5, 0.6) is 0 Å². The highest BCUT2D eigenvalue weighted by Crippen LogP contribution is 2.36. The molecule has 2 aromatic carbocycles. The van der Waals surface area contributed by atoms with Crippen LogP contribution in [0.2, 0.25) is 5.02 Å². The van der Waals surface area contributed by atoms with Gasteiger partial charge in [0.2, 0.25) is 0 Å². The normalized spacial score (nSPS) is 10.8. The van der Waals surface area contributed by atoms with Crippen LogP contribution in [-0.2, 0) is 0 Å². The fourth-order valence-corrected chi connectivity index (χ4v) is 3.00. The van der Waals surface area contributed by atoms with E-state index in [0.717, 1.165) is 11.1 Å². The summed E-state index contributed by atoms with van der Waals surface area (Å²) in [7, 11) is 0. The molecule has 0 saturated carbocycles. The number of halogens is 3. The Morgan fingerprint density at radius 2 is 2.05 bits per heavy atom. The van der Waals surface area contributed by atoms with Crippen LogP contribution in [-0.4, -0.2) is 4.98 Å². The van der Waals surface area contributed by atoms with Crippen molar-refractivity contribution in [3.8, 4) is 0 Å². The third kappa shape index (κ3) is 2.66. The number of nitrogens with zero attached hydrogens (tertiary/aromatic N) is 1. The highest BCUT2D eigenvalue weighted by molar-refractivity contribution is 9.10. The number of nitrogens with two attached hydrogens (primary N) is 1. The van der Waals surface area contributed by atoms with E-state index >= 15 is 0 Å². The molecule has 0 amide bonds. The fraction of sp³-hybridized carbons (Fsp3) is 0. The molecule has 21 heavy (non-hydrogen) atoms. The first kappa shape index (κ1) is 14.1. The summed E-state index contributed by atoms with van der Waals surface area (Å²) in [6.07, 6.45) is 1.68. The van der Waals surface area contributed by atoms with E-state index in [1.54, 1.807) is 12.3 Å². The van der Waals surface area contributed by atoms with Gasteiger partial charge in [-0.25, -0.2) is 4.39 Å². The van der Waals surface area contributed by atoms with E-state index in [0.29, 0.717) is 21.4 Å². The maximum atomic E-state index is 13.3. The van der Waals surface area contributed by atoms with Gasteiger partial charge in [0.25, 0.3) is 0 Å². The topological polar surface area (TPSA) is 50.9 Å². The Morgan fingerprint density at radius 1 is 1.24 bits per heavy atom. The van der Waals surface area contributed by atoms with E-state index in [1.807, 2.05) is 18.2 Å². The van der Waals surface area contributed by atoms with Gasteiger partial charge in [-0.05, 0) is 52.3 Å². The standard InChI is InChI=1S/C15H10BrClFN3/c16-10-6-8(18)7-11(17)15(10)21-13-4-3-12(19)14-9(13)2-1-5-20-14/h1-7,21H,19H2. The molecule has 3 rings (SSSR count). The molecule has 0 atom stereocenters. The van der Waals surface area contributed by atoms with Crippen LogP contribution in [0.3, 0.4) is 0 Å². The molecule has 0 spiro atoms. The number of hydrogen-bond donors (Lipinski definition) is 2. The molecule has 1 aromatic heterocycles. The van der Waals surface area contributed by atoms with Gasteiger partial charge in [0.15, 0.2) is 0 Å². The van der Waals surface area contributed by atoms with E-state index < -0.39 is 5.82 Å². The summed E-state index contributed by atoms with van der Waals surface area (Å²) in [4.78, 5) is 4.27. The van der Waals surface area contributed by atoms with Gasteiger partial charge in [0.05, 0.1) is 21.9 Å². The lowest BCUT2D eigenvalue weighted by molar-refractivity contribution is 0.627. The molecule has 0 unspecified atom stereocenters. The van der Waals surface area contributed by atoms with Crippen LogP contribution >= 0.6 is 27.5 Å². The summed E-state index contributed by atoms with van der Waals surface area (Å²) in [5.41, 5.74) is 8.61. The average Bonchev–Trinajstić information content (AvgIpc) is 2.45. The Bertz CT molecular complexity index is 815. The van der Waals surface area contributed by atoms with E-state index in [1.165, 1.54) is 12.1 Å². The molecule has 0 bridgehead atoms. The SMILES string of the molecule is Nc1ccc(Nc2c(Cl)cc(F)cc2Br)c2cccnc12. The lowest BCUT2D eigenvalue weighted by Gasteiger charge is -2.13. The van der Waals surface area contributed by atoms with Gasteiger partial charge in [-0.2, -0.15) is 0 Å². The highest BCUT2D eigenvalue weighted by Gasteiger charge is 2.11. The first-order valence-electron chi connectivity index (χ1n) is 6.11. The maximum Gasteiger partial charge on any atom is 0.125 e. The minimum Gasteiger partial charge on any atom is -0.397 e. The molecule has 0 aliphatic carbocycles. The zero-order valence-electron chi connectivity index (χ0n) is 10.7. The van der Waals surface area contributed by atoms with Crippen molar-refractivity contribution in [1.29, 1.82) is 0 Å². The molecule has 0 aliphatic heterocycles. The van der Waals surface area contributed by atoms with Crippen molar-refractivity contribution < 1.29 is 4.39 Å².